The van der Waals surface area contributed by atoms with Crippen LogP contribution in [0.15, 0.2) is 60.7 Å². The van der Waals surface area contributed by atoms with Gasteiger partial charge < -0.3 is 10.1 Å². The molecule has 128 valence electrons. The number of rotatable bonds is 5. The Morgan fingerprint density at radius 2 is 1.56 bits per heavy atom. The maximum Gasteiger partial charge on any atom is 0.317 e. The van der Waals surface area contributed by atoms with Crippen molar-refractivity contribution in [3.05, 3.63) is 71.8 Å². The Balaban J connectivity index is 1.64. The largest absolute Gasteiger partial charge is 0.460 e. The normalized spacial score (nSPS) is 20.0. The van der Waals surface area contributed by atoms with Gasteiger partial charge in [0.2, 0.25) is 5.91 Å². The fraction of sp³-hybridized carbons (Fsp3) is 0.250. The Morgan fingerprint density at radius 1 is 0.960 bits per heavy atom. The van der Waals surface area contributed by atoms with E-state index in [1.165, 1.54) is 0 Å². The van der Waals surface area contributed by atoms with Crippen molar-refractivity contribution < 1.29 is 19.1 Å². The molecule has 1 N–H and O–H groups in total. The maximum absolute atomic E-state index is 12.6. The van der Waals surface area contributed by atoms with Crippen molar-refractivity contribution in [2.45, 2.75) is 25.5 Å². The molecular weight excluding hydrogens is 318 g/mol. The molecule has 0 bridgehead atoms. The summed E-state index contributed by atoms with van der Waals surface area (Å²) in [7, 11) is 0. The predicted octanol–water partition coefficient (Wildman–Crippen LogP) is 2.05. The van der Waals surface area contributed by atoms with Crippen LogP contribution in [0.25, 0.3) is 0 Å². The van der Waals surface area contributed by atoms with Crippen molar-refractivity contribution in [1.29, 1.82) is 0 Å². The fourth-order valence-corrected chi connectivity index (χ4v) is 2.88. The Hall–Kier alpha value is -2.95. The molecule has 2 aromatic carbocycles. The summed E-state index contributed by atoms with van der Waals surface area (Å²) in [6.45, 7) is 0.0917. The first kappa shape index (κ1) is 16.9. The average Bonchev–Trinajstić information content (AvgIpc) is 2.64. The van der Waals surface area contributed by atoms with Gasteiger partial charge >= 0.3 is 5.97 Å². The van der Waals surface area contributed by atoms with E-state index < -0.39 is 17.9 Å². The summed E-state index contributed by atoms with van der Waals surface area (Å²) in [5, 5.41) is 2.68. The van der Waals surface area contributed by atoms with E-state index in [1.807, 2.05) is 60.7 Å². The maximum atomic E-state index is 12.6. The molecule has 1 heterocycles. The van der Waals surface area contributed by atoms with Gasteiger partial charge in [0.15, 0.2) is 5.78 Å². The highest BCUT2D eigenvalue weighted by Gasteiger charge is 2.40. The monoisotopic (exact) mass is 337 g/mol. The number of ketones is 1. The number of amides is 1. The smallest absolute Gasteiger partial charge is 0.317 e. The Bertz CT molecular complexity index is 758. The van der Waals surface area contributed by atoms with Crippen LogP contribution >= 0.6 is 0 Å². The highest BCUT2D eigenvalue weighted by molar-refractivity contribution is 6.08. The molecule has 25 heavy (non-hydrogen) atoms. The number of piperidine rings is 1. The van der Waals surface area contributed by atoms with Crippen molar-refractivity contribution in [2.24, 2.45) is 5.92 Å². The first-order chi connectivity index (χ1) is 12.1. The summed E-state index contributed by atoms with van der Waals surface area (Å²) in [5.41, 5.74) is 1.77. The molecule has 0 aromatic heterocycles. The molecule has 1 saturated heterocycles. The van der Waals surface area contributed by atoms with E-state index in [4.69, 9.17) is 4.74 Å². The fourth-order valence-electron chi connectivity index (χ4n) is 2.88. The Kier molecular flexibility index (Phi) is 5.23. The van der Waals surface area contributed by atoms with E-state index in [0.717, 1.165) is 11.1 Å². The minimum Gasteiger partial charge on any atom is -0.460 e. The molecule has 0 aliphatic carbocycles. The van der Waals surface area contributed by atoms with Gasteiger partial charge in [-0.3, -0.25) is 14.4 Å². The van der Waals surface area contributed by atoms with E-state index in [0.29, 0.717) is 6.42 Å². The van der Waals surface area contributed by atoms with Gasteiger partial charge in [0.25, 0.3) is 0 Å². The molecule has 1 amide bonds. The SMILES string of the molecule is O=C1CC(C(=O)OCc2ccccc2)C(=O)C(Cc2ccccc2)N1. The molecule has 2 atom stereocenters. The van der Waals surface area contributed by atoms with Crippen LogP contribution in [0.5, 0.6) is 0 Å². The van der Waals surface area contributed by atoms with Gasteiger partial charge in [-0.1, -0.05) is 60.7 Å². The number of carbonyl (C=O) groups excluding carboxylic acids is 3. The number of benzene rings is 2. The molecule has 5 nitrogen and oxygen atoms in total. The minimum absolute atomic E-state index is 0.0917. The van der Waals surface area contributed by atoms with Crippen molar-refractivity contribution in [2.75, 3.05) is 0 Å². The lowest BCUT2D eigenvalue weighted by atomic mass is 9.87. The minimum atomic E-state index is -1.04. The summed E-state index contributed by atoms with van der Waals surface area (Å²) >= 11 is 0. The zero-order valence-electron chi connectivity index (χ0n) is 13.7. The van der Waals surface area contributed by atoms with Crippen molar-refractivity contribution in [3.63, 3.8) is 0 Å². The van der Waals surface area contributed by atoms with Crippen LogP contribution in [0.1, 0.15) is 17.5 Å². The topological polar surface area (TPSA) is 72.5 Å². The second-order valence-corrected chi connectivity index (χ2v) is 6.06. The van der Waals surface area contributed by atoms with E-state index in [-0.39, 0.29) is 24.7 Å². The van der Waals surface area contributed by atoms with Crippen LogP contribution in [0.2, 0.25) is 0 Å². The third-order valence-corrected chi connectivity index (χ3v) is 4.20. The lowest BCUT2D eigenvalue weighted by Gasteiger charge is -2.27. The van der Waals surface area contributed by atoms with Crippen LogP contribution in [0, 0.1) is 5.92 Å². The molecule has 0 radical (unpaired) electrons. The molecule has 5 heteroatoms. The summed E-state index contributed by atoms with van der Waals surface area (Å²) < 4.78 is 5.25. The molecule has 0 saturated carbocycles. The number of esters is 1. The quantitative estimate of drug-likeness (QED) is 0.669. The molecule has 2 aromatic rings. The average molecular weight is 337 g/mol. The molecule has 3 rings (SSSR count). The lowest BCUT2D eigenvalue weighted by Crippen LogP contribution is -2.53. The van der Waals surface area contributed by atoms with Gasteiger partial charge in [0.1, 0.15) is 12.5 Å². The van der Waals surface area contributed by atoms with Gasteiger partial charge in [-0.25, -0.2) is 0 Å². The van der Waals surface area contributed by atoms with Crippen molar-refractivity contribution >= 4 is 17.7 Å². The Labute approximate surface area is 146 Å². The van der Waals surface area contributed by atoms with Crippen molar-refractivity contribution in [1.82, 2.24) is 5.32 Å². The molecule has 1 aliphatic heterocycles. The lowest BCUT2D eigenvalue weighted by molar-refractivity contribution is -0.157. The number of nitrogens with one attached hydrogen (secondary N) is 1. The van der Waals surface area contributed by atoms with Crippen LogP contribution in [-0.4, -0.2) is 23.7 Å². The number of Topliss-reactive ketones (excluding diaryl/α,β-unsaturated/α-hetero) is 1. The molecular formula is C20H19NO4. The molecule has 0 spiro atoms. The highest BCUT2D eigenvalue weighted by Crippen LogP contribution is 2.19. The van der Waals surface area contributed by atoms with Gasteiger partial charge in [-0.2, -0.15) is 0 Å². The van der Waals surface area contributed by atoms with Crippen LogP contribution < -0.4 is 5.32 Å². The summed E-state index contributed by atoms with van der Waals surface area (Å²) in [4.78, 5) is 36.8. The Morgan fingerprint density at radius 3 is 2.20 bits per heavy atom. The molecule has 2 unspecified atom stereocenters. The van der Waals surface area contributed by atoms with Gasteiger partial charge in [-0.15, -0.1) is 0 Å². The summed E-state index contributed by atoms with van der Waals surface area (Å²) in [6.07, 6.45) is 0.214. The summed E-state index contributed by atoms with van der Waals surface area (Å²) in [5.74, 6) is -2.27. The summed E-state index contributed by atoms with van der Waals surface area (Å²) in [6, 6.07) is 17.9. The van der Waals surface area contributed by atoms with Gasteiger partial charge in [-0.05, 0) is 17.5 Å². The second-order valence-electron chi connectivity index (χ2n) is 6.06. The molecule has 1 aliphatic rings. The third-order valence-electron chi connectivity index (χ3n) is 4.20. The first-order valence-electron chi connectivity index (χ1n) is 8.21. The van der Waals surface area contributed by atoms with Crippen LogP contribution in [0.4, 0.5) is 0 Å². The second kappa shape index (κ2) is 7.75. The number of carbonyl (C=O) groups is 3. The highest BCUT2D eigenvalue weighted by atomic mass is 16.5. The predicted molar refractivity (Wildman–Crippen MR) is 91.4 cm³/mol. The van der Waals surface area contributed by atoms with E-state index in [9.17, 15) is 14.4 Å². The van der Waals surface area contributed by atoms with Gasteiger partial charge in [0, 0.05) is 6.42 Å². The molecule has 1 fully saturated rings. The zero-order valence-corrected chi connectivity index (χ0v) is 13.7. The zero-order chi connectivity index (χ0) is 17.6. The van der Waals surface area contributed by atoms with E-state index in [1.54, 1.807) is 0 Å². The van der Waals surface area contributed by atoms with Crippen LogP contribution in [-0.2, 0) is 32.1 Å². The number of hydrogen-bond acceptors (Lipinski definition) is 4. The number of ether oxygens (including phenoxy) is 1. The standard InChI is InChI=1S/C20H19NO4/c22-18-12-16(20(24)25-13-15-9-5-2-6-10-15)19(23)17(21-18)11-14-7-3-1-4-8-14/h1-10,16-17H,11-13H2,(H,21,22). The third kappa shape index (κ3) is 4.32. The number of hydrogen-bond donors (Lipinski definition) is 1. The first-order valence-corrected chi connectivity index (χ1v) is 8.21. The van der Waals surface area contributed by atoms with Crippen molar-refractivity contribution in [3.8, 4) is 0 Å². The van der Waals surface area contributed by atoms with Gasteiger partial charge in [0.05, 0.1) is 6.04 Å². The van der Waals surface area contributed by atoms with Crippen LogP contribution in [0.3, 0.4) is 0 Å². The van der Waals surface area contributed by atoms with E-state index >= 15 is 0 Å². The van der Waals surface area contributed by atoms with E-state index in [2.05, 4.69) is 5.32 Å².